The van der Waals surface area contributed by atoms with Crippen LogP contribution in [0.5, 0.6) is 0 Å². The van der Waals surface area contributed by atoms with Crippen LogP contribution in [0.4, 0.5) is 0 Å². The Morgan fingerprint density at radius 3 is 2.85 bits per heavy atom. The topological polar surface area (TPSA) is 99.1 Å². The van der Waals surface area contributed by atoms with E-state index in [1.807, 2.05) is 0 Å². The van der Waals surface area contributed by atoms with Gasteiger partial charge in [0.2, 0.25) is 10.0 Å². The van der Waals surface area contributed by atoms with Gasteiger partial charge in [-0.05, 0) is 12.1 Å². The van der Waals surface area contributed by atoms with Crippen LogP contribution in [0.1, 0.15) is 0 Å². The van der Waals surface area contributed by atoms with Gasteiger partial charge in [0.1, 0.15) is 4.90 Å². The number of benzene rings is 1. The third kappa shape index (κ3) is 1.27. The summed E-state index contributed by atoms with van der Waals surface area (Å²) >= 11 is 0. The monoisotopic (exact) mass is 199 g/mol. The van der Waals surface area contributed by atoms with Gasteiger partial charge in [-0.15, -0.1) is 5.10 Å². The van der Waals surface area contributed by atoms with Gasteiger partial charge in [-0.3, -0.25) is 0 Å². The number of nitrogens with zero attached hydrogens (tertiary/aromatic N) is 2. The normalized spacial score (nSPS) is 12.1. The molecule has 0 aliphatic heterocycles. The van der Waals surface area contributed by atoms with E-state index in [2.05, 4.69) is 14.9 Å². The molecule has 1 aromatic carbocycles. The molecule has 1 aromatic heterocycles. The molecule has 68 valence electrons. The van der Waals surface area contributed by atoms with Gasteiger partial charge in [-0.2, -0.15) is 0 Å². The first kappa shape index (κ1) is 8.14. The summed E-state index contributed by atoms with van der Waals surface area (Å²) in [6.45, 7) is 0. The highest BCUT2D eigenvalue weighted by molar-refractivity contribution is 7.89. The van der Waals surface area contributed by atoms with Crippen molar-refractivity contribution in [1.29, 1.82) is 0 Å². The van der Waals surface area contributed by atoms with Gasteiger partial charge in [0.15, 0.2) is 11.1 Å². The van der Waals surface area contributed by atoms with E-state index in [4.69, 9.17) is 5.14 Å². The lowest BCUT2D eigenvalue weighted by Gasteiger charge is -1.95. The summed E-state index contributed by atoms with van der Waals surface area (Å²) in [5.41, 5.74) is 0.455. The molecular weight excluding hydrogens is 194 g/mol. The summed E-state index contributed by atoms with van der Waals surface area (Å²) < 4.78 is 26.7. The summed E-state index contributed by atoms with van der Waals surface area (Å²) in [4.78, 5) is -0.0775. The Bertz CT molecular complexity index is 545. The predicted molar refractivity (Wildman–Crippen MR) is 43.2 cm³/mol. The molecule has 7 heteroatoms. The zero-order valence-corrected chi connectivity index (χ0v) is 7.15. The maximum Gasteiger partial charge on any atom is 0.240 e. The van der Waals surface area contributed by atoms with Crippen LogP contribution < -0.4 is 5.14 Å². The van der Waals surface area contributed by atoms with Gasteiger partial charge < -0.3 is 4.52 Å². The maximum atomic E-state index is 11.0. The molecule has 0 atom stereocenters. The minimum absolute atomic E-state index is 0.0775. The molecule has 2 N–H and O–H groups in total. The van der Waals surface area contributed by atoms with Gasteiger partial charge in [-0.25, -0.2) is 13.6 Å². The van der Waals surface area contributed by atoms with Crippen LogP contribution in [0.15, 0.2) is 27.6 Å². The second-order valence-corrected chi connectivity index (χ2v) is 3.95. The number of nitrogens with two attached hydrogens (primary N) is 1. The molecule has 1 heterocycles. The Morgan fingerprint density at radius 1 is 1.38 bits per heavy atom. The van der Waals surface area contributed by atoms with Gasteiger partial charge in [-0.1, -0.05) is 6.07 Å². The molecule has 6 nitrogen and oxygen atoms in total. The van der Waals surface area contributed by atoms with Gasteiger partial charge in [0.05, 0.1) is 0 Å². The predicted octanol–water partition coefficient (Wildman–Crippen LogP) is -0.130. The number of primary sulfonamides is 1. The van der Waals surface area contributed by atoms with Gasteiger partial charge in [0.25, 0.3) is 0 Å². The number of aromatic nitrogens is 2. The summed E-state index contributed by atoms with van der Waals surface area (Å²) in [7, 11) is -3.76. The van der Waals surface area contributed by atoms with E-state index in [1.165, 1.54) is 12.1 Å². The Labute approximate surface area is 73.4 Å². The highest BCUT2D eigenvalue weighted by Gasteiger charge is 2.15. The van der Waals surface area contributed by atoms with Crippen molar-refractivity contribution in [2.75, 3.05) is 0 Å². The third-order valence-corrected chi connectivity index (χ3v) is 2.49. The Hall–Kier alpha value is -1.47. The first-order chi connectivity index (χ1) is 6.09. The standard InChI is InChI=1S/C6H5N3O3S/c7-13(10,11)5-3-1-2-4-6(5)8-9-12-4/h1-3H,(H2,7,10,11). The smallest absolute Gasteiger partial charge is 0.240 e. The molecule has 2 rings (SSSR count). The number of hydrogen-bond donors (Lipinski definition) is 1. The molecule has 0 radical (unpaired) electrons. The molecule has 0 aliphatic carbocycles. The van der Waals surface area contributed by atoms with Crippen molar-refractivity contribution in [3.8, 4) is 0 Å². The fourth-order valence-electron chi connectivity index (χ4n) is 1.01. The van der Waals surface area contributed by atoms with E-state index < -0.39 is 10.0 Å². The van der Waals surface area contributed by atoms with Gasteiger partial charge >= 0.3 is 0 Å². The van der Waals surface area contributed by atoms with E-state index in [9.17, 15) is 8.42 Å². The first-order valence-corrected chi connectivity index (χ1v) is 4.87. The number of fused-ring (bicyclic) bond motifs is 1. The molecular formula is C6H5N3O3S. The molecule has 0 fully saturated rings. The van der Waals surface area contributed by atoms with Crippen LogP contribution in [-0.4, -0.2) is 18.8 Å². The molecule has 0 bridgehead atoms. The number of sulfonamides is 1. The number of hydrogen-bond acceptors (Lipinski definition) is 5. The summed E-state index contributed by atoms with van der Waals surface area (Å²) in [6, 6.07) is 4.42. The van der Waals surface area contributed by atoms with Crippen LogP contribution in [0.25, 0.3) is 11.1 Å². The highest BCUT2D eigenvalue weighted by Crippen LogP contribution is 2.18. The van der Waals surface area contributed by atoms with Gasteiger partial charge in [0, 0.05) is 5.27 Å². The van der Waals surface area contributed by atoms with E-state index in [-0.39, 0.29) is 10.4 Å². The van der Waals surface area contributed by atoms with Crippen molar-refractivity contribution in [3.05, 3.63) is 18.2 Å². The van der Waals surface area contributed by atoms with Crippen molar-refractivity contribution in [2.24, 2.45) is 5.14 Å². The lowest BCUT2D eigenvalue weighted by atomic mass is 10.3. The largest absolute Gasteiger partial charge is 0.337 e. The Kier molecular flexibility index (Phi) is 1.57. The zero-order chi connectivity index (χ0) is 9.47. The highest BCUT2D eigenvalue weighted by atomic mass is 32.2. The average Bonchev–Trinajstić information content (AvgIpc) is 2.48. The minimum atomic E-state index is -3.76. The first-order valence-electron chi connectivity index (χ1n) is 3.33. The molecule has 0 aliphatic rings. The molecule has 0 unspecified atom stereocenters. The van der Waals surface area contributed by atoms with Crippen LogP contribution in [-0.2, 0) is 10.0 Å². The molecule has 0 amide bonds. The maximum absolute atomic E-state index is 11.0. The SMILES string of the molecule is NS(=O)(=O)c1cccc2onnc12. The van der Waals surface area contributed by atoms with Crippen LogP contribution in [0.2, 0.25) is 0 Å². The second kappa shape index (κ2) is 2.51. The molecule has 2 aromatic rings. The fraction of sp³-hybridized carbons (Fsp3) is 0. The lowest BCUT2D eigenvalue weighted by Crippen LogP contribution is -2.12. The molecule has 0 saturated carbocycles. The van der Waals surface area contributed by atoms with Crippen LogP contribution in [0.3, 0.4) is 0 Å². The number of rotatable bonds is 1. The van der Waals surface area contributed by atoms with Crippen molar-refractivity contribution < 1.29 is 12.9 Å². The molecule has 0 saturated heterocycles. The quantitative estimate of drug-likeness (QED) is 0.689. The summed E-state index contributed by atoms with van der Waals surface area (Å²) in [5, 5.41) is 11.7. The molecule has 0 spiro atoms. The Balaban J connectivity index is 2.91. The van der Waals surface area contributed by atoms with Crippen molar-refractivity contribution in [3.63, 3.8) is 0 Å². The second-order valence-electron chi connectivity index (χ2n) is 2.42. The van der Waals surface area contributed by atoms with E-state index >= 15 is 0 Å². The van der Waals surface area contributed by atoms with E-state index in [1.54, 1.807) is 6.07 Å². The van der Waals surface area contributed by atoms with Crippen molar-refractivity contribution in [1.82, 2.24) is 10.4 Å². The van der Waals surface area contributed by atoms with Crippen molar-refractivity contribution in [2.45, 2.75) is 4.90 Å². The van der Waals surface area contributed by atoms with E-state index in [0.717, 1.165) is 0 Å². The van der Waals surface area contributed by atoms with Crippen LogP contribution >= 0.6 is 0 Å². The minimum Gasteiger partial charge on any atom is -0.337 e. The summed E-state index contributed by atoms with van der Waals surface area (Å²) in [5.74, 6) is 0. The Morgan fingerprint density at radius 2 is 2.15 bits per heavy atom. The fourth-order valence-corrected chi connectivity index (χ4v) is 1.69. The third-order valence-electron chi connectivity index (χ3n) is 1.55. The van der Waals surface area contributed by atoms with Crippen LogP contribution in [0, 0.1) is 0 Å². The lowest BCUT2D eigenvalue weighted by molar-refractivity contribution is 0.424. The zero-order valence-electron chi connectivity index (χ0n) is 6.34. The van der Waals surface area contributed by atoms with E-state index in [0.29, 0.717) is 5.58 Å². The molecule has 13 heavy (non-hydrogen) atoms. The average molecular weight is 199 g/mol. The van der Waals surface area contributed by atoms with Crippen molar-refractivity contribution >= 4 is 21.1 Å². The summed E-state index contributed by atoms with van der Waals surface area (Å²) in [6.07, 6.45) is 0.